The second-order valence-electron chi connectivity index (χ2n) is 5.49. The largest absolute Gasteiger partial charge is 0.408 e. The van der Waals surface area contributed by atoms with E-state index in [1.165, 1.54) is 12.4 Å². The monoisotopic (exact) mass is 358 g/mol. The quantitative estimate of drug-likeness (QED) is 0.912. The molecule has 128 valence electrons. The molecule has 0 radical (unpaired) electrons. The summed E-state index contributed by atoms with van der Waals surface area (Å²) in [5.41, 5.74) is 1.12. The van der Waals surface area contributed by atoms with E-state index < -0.39 is 18.8 Å². The highest BCUT2D eigenvalue weighted by molar-refractivity contribution is 6.30. The SMILES string of the molecule is O=C1C(Nc2cnn(CC(F)(F)F)c2)CCN1c1ccc(Cl)cc1. The van der Waals surface area contributed by atoms with Crippen LogP contribution in [-0.2, 0) is 11.3 Å². The Bertz CT molecular complexity index is 729. The molecule has 1 fully saturated rings. The Balaban J connectivity index is 1.65. The molecule has 1 aliphatic rings. The summed E-state index contributed by atoms with van der Waals surface area (Å²) in [6, 6.07) is 6.41. The number of nitrogens with one attached hydrogen (secondary N) is 1. The zero-order valence-corrected chi connectivity index (χ0v) is 13.2. The summed E-state index contributed by atoms with van der Waals surface area (Å²) < 4.78 is 37.8. The Morgan fingerprint density at radius 2 is 2.00 bits per heavy atom. The molecule has 1 aromatic carbocycles. The topological polar surface area (TPSA) is 50.2 Å². The molecule has 1 atom stereocenters. The molecular weight excluding hydrogens is 345 g/mol. The minimum atomic E-state index is -4.34. The van der Waals surface area contributed by atoms with Crippen LogP contribution in [0.5, 0.6) is 0 Å². The van der Waals surface area contributed by atoms with Crippen LogP contribution in [0, 0.1) is 0 Å². The van der Waals surface area contributed by atoms with Crippen LogP contribution in [0.4, 0.5) is 24.5 Å². The zero-order valence-electron chi connectivity index (χ0n) is 12.4. The Morgan fingerprint density at radius 3 is 2.67 bits per heavy atom. The smallest absolute Gasteiger partial charge is 0.371 e. The van der Waals surface area contributed by atoms with Crippen LogP contribution in [0.3, 0.4) is 0 Å². The fourth-order valence-electron chi connectivity index (χ4n) is 2.60. The second-order valence-corrected chi connectivity index (χ2v) is 5.93. The van der Waals surface area contributed by atoms with Crippen molar-refractivity contribution in [2.45, 2.75) is 25.2 Å². The molecule has 2 aromatic rings. The summed E-state index contributed by atoms with van der Waals surface area (Å²) in [5.74, 6) is -0.138. The molecule has 24 heavy (non-hydrogen) atoms. The Kier molecular flexibility index (Phi) is 4.40. The van der Waals surface area contributed by atoms with Crippen LogP contribution in [-0.4, -0.2) is 34.5 Å². The van der Waals surface area contributed by atoms with E-state index in [0.29, 0.717) is 23.7 Å². The van der Waals surface area contributed by atoms with Gasteiger partial charge >= 0.3 is 6.18 Å². The average molecular weight is 359 g/mol. The molecule has 0 spiro atoms. The van der Waals surface area contributed by atoms with Crippen molar-refractivity contribution in [3.8, 4) is 0 Å². The molecule has 3 rings (SSSR count). The van der Waals surface area contributed by atoms with E-state index in [-0.39, 0.29) is 5.91 Å². The maximum absolute atomic E-state index is 12.5. The minimum absolute atomic E-state index is 0.138. The van der Waals surface area contributed by atoms with Crippen molar-refractivity contribution >= 4 is 28.9 Å². The lowest BCUT2D eigenvalue weighted by atomic mass is 10.2. The minimum Gasteiger partial charge on any atom is -0.371 e. The summed E-state index contributed by atoms with van der Waals surface area (Å²) >= 11 is 5.83. The van der Waals surface area contributed by atoms with Gasteiger partial charge in [0.2, 0.25) is 5.91 Å². The lowest BCUT2D eigenvalue weighted by Gasteiger charge is -2.17. The lowest BCUT2D eigenvalue weighted by Crippen LogP contribution is -2.33. The molecule has 0 aliphatic carbocycles. The molecule has 1 saturated heterocycles. The standard InChI is InChI=1S/C15H14ClF3N4O/c16-10-1-3-12(4-2-10)23-6-5-13(14(23)24)21-11-7-20-22(8-11)9-15(17,18)19/h1-4,7-8,13,21H,5-6,9H2. The van der Waals surface area contributed by atoms with Crippen molar-refractivity contribution in [2.75, 3.05) is 16.8 Å². The van der Waals surface area contributed by atoms with Gasteiger partial charge in [0.05, 0.1) is 11.9 Å². The van der Waals surface area contributed by atoms with Crippen LogP contribution in [0.15, 0.2) is 36.7 Å². The summed E-state index contributed by atoms with van der Waals surface area (Å²) in [6.45, 7) is -0.640. The van der Waals surface area contributed by atoms with Crippen LogP contribution in [0.2, 0.25) is 5.02 Å². The maximum Gasteiger partial charge on any atom is 0.408 e. The average Bonchev–Trinajstić information content (AvgIpc) is 3.07. The number of nitrogens with zero attached hydrogens (tertiary/aromatic N) is 3. The van der Waals surface area contributed by atoms with E-state index in [2.05, 4.69) is 10.4 Å². The van der Waals surface area contributed by atoms with Crippen LogP contribution in [0.25, 0.3) is 0 Å². The van der Waals surface area contributed by atoms with Crippen LogP contribution in [0.1, 0.15) is 6.42 Å². The van der Waals surface area contributed by atoms with Crippen molar-refractivity contribution < 1.29 is 18.0 Å². The third kappa shape index (κ3) is 3.81. The van der Waals surface area contributed by atoms with Crippen molar-refractivity contribution in [1.29, 1.82) is 0 Å². The molecule has 9 heteroatoms. The van der Waals surface area contributed by atoms with Gasteiger partial charge in [0.15, 0.2) is 0 Å². The number of amides is 1. The van der Waals surface area contributed by atoms with Crippen molar-refractivity contribution in [3.63, 3.8) is 0 Å². The molecule has 1 unspecified atom stereocenters. The van der Waals surface area contributed by atoms with Gasteiger partial charge in [-0.1, -0.05) is 11.6 Å². The molecule has 1 aromatic heterocycles. The number of hydrogen-bond donors (Lipinski definition) is 1. The molecular formula is C15H14ClF3N4O. The number of carbonyl (C=O) groups excluding carboxylic acids is 1. The van der Waals surface area contributed by atoms with Crippen molar-refractivity contribution in [1.82, 2.24) is 9.78 Å². The van der Waals surface area contributed by atoms with Gasteiger partial charge in [0.1, 0.15) is 12.6 Å². The highest BCUT2D eigenvalue weighted by atomic mass is 35.5. The number of carbonyl (C=O) groups is 1. The van der Waals surface area contributed by atoms with Gasteiger partial charge in [0, 0.05) is 23.5 Å². The zero-order chi connectivity index (χ0) is 17.3. The van der Waals surface area contributed by atoms with E-state index in [0.717, 1.165) is 10.4 Å². The Labute approximate surface area is 141 Å². The van der Waals surface area contributed by atoms with Gasteiger partial charge in [-0.2, -0.15) is 18.3 Å². The predicted molar refractivity (Wildman–Crippen MR) is 84.1 cm³/mol. The Hall–Kier alpha value is -2.22. The molecule has 1 N–H and O–H groups in total. The van der Waals surface area contributed by atoms with E-state index >= 15 is 0 Å². The van der Waals surface area contributed by atoms with Gasteiger partial charge in [-0.3, -0.25) is 9.48 Å². The predicted octanol–water partition coefficient (Wildman–Crippen LogP) is 3.32. The second kappa shape index (κ2) is 6.35. The van der Waals surface area contributed by atoms with Gasteiger partial charge in [-0.15, -0.1) is 0 Å². The first kappa shape index (κ1) is 16.6. The summed E-state index contributed by atoms with van der Waals surface area (Å²) in [6.07, 6.45) is -1.26. The fraction of sp³-hybridized carbons (Fsp3) is 0.333. The van der Waals surface area contributed by atoms with E-state index in [1.807, 2.05) is 0 Å². The number of benzene rings is 1. The van der Waals surface area contributed by atoms with Crippen molar-refractivity contribution in [2.24, 2.45) is 0 Å². The van der Waals surface area contributed by atoms with Gasteiger partial charge in [-0.25, -0.2) is 0 Å². The lowest BCUT2D eigenvalue weighted by molar-refractivity contribution is -0.142. The number of anilines is 2. The normalized spacial score (nSPS) is 18.2. The van der Waals surface area contributed by atoms with Crippen LogP contribution < -0.4 is 10.2 Å². The summed E-state index contributed by atoms with van der Waals surface area (Å²) in [4.78, 5) is 14.1. The Morgan fingerprint density at radius 1 is 1.29 bits per heavy atom. The number of hydrogen-bond acceptors (Lipinski definition) is 3. The first-order valence-electron chi connectivity index (χ1n) is 7.24. The van der Waals surface area contributed by atoms with Gasteiger partial charge < -0.3 is 10.2 Å². The third-order valence-electron chi connectivity index (χ3n) is 3.66. The van der Waals surface area contributed by atoms with E-state index in [4.69, 9.17) is 11.6 Å². The van der Waals surface area contributed by atoms with E-state index in [9.17, 15) is 18.0 Å². The fourth-order valence-corrected chi connectivity index (χ4v) is 2.73. The van der Waals surface area contributed by atoms with Crippen LogP contribution >= 0.6 is 11.6 Å². The molecule has 0 saturated carbocycles. The number of halogens is 4. The molecule has 1 aliphatic heterocycles. The number of aromatic nitrogens is 2. The number of rotatable bonds is 4. The highest BCUT2D eigenvalue weighted by Gasteiger charge is 2.33. The highest BCUT2D eigenvalue weighted by Crippen LogP contribution is 2.25. The van der Waals surface area contributed by atoms with E-state index in [1.54, 1.807) is 29.2 Å². The van der Waals surface area contributed by atoms with Gasteiger partial charge in [0.25, 0.3) is 0 Å². The van der Waals surface area contributed by atoms with Crippen molar-refractivity contribution in [3.05, 3.63) is 41.7 Å². The molecule has 0 bridgehead atoms. The first-order chi connectivity index (χ1) is 11.3. The summed E-state index contributed by atoms with van der Waals surface area (Å²) in [5, 5.41) is 7.17. The number of alkyl halides is 3. The molecule has 2 heterocycles. The third-order valence-corrected chi connectivity index (χ3v) is 3.91. The van der Waals surface area contributed by atoms with Gasteiger partial charge in [-0.05, 0) is 30.7 Å². The first-order valence-corrected chi connectivity index (χ1v) is 7.62. The molecule has 5 nitrogen and oxygen atoms in total. The maximum atomic E-state index is 12.5. The molecule has 1 amide bonds. The summed E-state index contributed by atoms with van der Waals surface area (Å²) in [7, 11) is 0.